The van der Waals surface area contributed by atoms with Crippen LogP contribution in [0.3, 0.4) is 0 Å². The molecular formula is C35H46N2O7S2. The highest BCUT2D eigenvalue weighted by Gasteiger charge is 2.36. The van der Waals surface area contributed by atoms with Crippen molar-refractivity contribution in [1.29, 1.82) is 0 Å². The van der Waals surface area contributed by atoms with Gasteiger partial charge in [0.25, 0.3) is 0 Å². The number of benzene rings is 3. The molecule has 0 amide bonds. The van der Waals surface area contributed by atoms with Crippen molar-refractivity contribution in [2.75, 3.05) is 36.8 Å². The van der Waals surface area contributed by atoms with Crippen molar-refractivity contribution < 1.29 is 31.1 Å². The zero-order valence-electron chi connectivity index (χ0n) is 28.1. The first-order valence-electron chi connectivity index (χ1n) is 15.5. The second kappa shape index (κ2) is 14.1. The molecule has 11 heteroatoms. The van der Waals surface area contributed by atoms with Crippen LogP contribution < -0.4 is 9.04 Å². The SMILES string of the molecule is Cc1cccc(OCC(CN(c2c(C)cc(C)cc2C)S(C)(=O)=O)OC(=O)C2CCN(S(=O)(=O)c3c(C)cc(C)cc3C)CC2)c1. The topological polar surface area (TPSA) is 110 Å². The molecule has 0 aliphatic carbocycles. The van der Waals surface area contributed by atoms with Crippen LogP contribution in [0.15, 0.2) is 53.4 Å². The van der Waals surface area contributed by atoms with Gasteiger partial charge in [0.1, 0.15) is 12.4 Å². The van der Waals surface area contributed by atoms with Crippen LogP contribution in [0.4, 0.5) is 5.69 Å². The minimum atomic E-state index is -3.77. The van der Waals surface area contributed by atoms with E-state index in [1.165, 1.54) is 8.61 Å². The minimum absolute atomic E-state index is 0.0651. The van der Waals surface area contributed by atoms with E-state index in [0.717, 1.165) is 34.1 Å². The Bertz CT molecular complexity index is 1770. The highest BCUT2D eigenvalue weighted by molar-refractivity contribution is 7.92. The molecule has 1 aliphatic rings. The molecule has 1 fully saturated rings. The molecular weight excluding hydrogens is 625 g/mol. The van der Waals surface area contributed by atoms with Crippen LogP contribution in [0.2, 0.25) is 0 Å². The molecule has 0 saturated carbocycles. The van der Waals surface area contributed by atoms with Gasteiger partial charge >= 0.3 is 5.97 Å². The molecule has 0 spiro atoms. The first kappa shape index (κ1) is 35.4. The van der Waals surface area contributed by atoms with E-state index < -0.39 is 38.0 Å². The van der Waals surface area contributed by atoms with Gasteiger partial charge in [-0.2, -0.15) is 4.31 Å². The van der Waals surface area contributed by atoms with Gasteiger partial charge in [0.05, 0.1) is 29.3 Å². The maximum Gasteiger partial charge on any atom is 0.309 e. The molecule has 4 rings (SSSR count). The highest BCUT2D eigenvalue weighted by atomic mass is 32.2. The summed E-state index contributed by atoms with van der Waals surface area (Å²) in [4.78, 5) is 13.9. The summed E-state index contributed by atoms with van der Waals surface area (Å²) in [5.41, 5.74) is 6.53. The van der Waals surface area contributed by atoms with Crippen molar-refractivity contribution >= 4 is 31.7 Å². The van der Waals surface area contributed by atoms with Crippen LogP contribution in [-0.4, -0.2) is 65.7 Å². The fourth-order valence-corrected chi connectivity index (χ4v) is 9.39. The van der Waals surface area contributed by atoms with Gasteiger partial charge in [0, 0.05) is 13.1 Å². The molecule has 3 aromatic rings. The fraction of sp³-hybridized carbons (Fsp3) is 0.457. The number of sulfonamides is 2. The highest BCUT2D eigenvalue weighted by Crippen LogP contribution is 2.31. The zero-order chi connectivity index (χ0) is 34.0. The predicted molar refractivity (Wildman–Crippen MR) is 182 cm³/mol. The average molecular weight is 671 g/mol. The minimum Gasteiger partial charge on any atom is -0.490 e. The predicted octanol–water partition coefficient (Wildman–Crippen LogP) is 5.70. The van der Waals surface area contributed by atoms with E-state index in [1.54, 1.807) is 19.9 Å². The summed E-state index contributed by atoms with van der Waals surface area (Å²) in [6.07, 6.45) is 0.793. The number of aryl methyl sites for hydroxylation is 7. The average Bonchev–Trinajstić information content (AvgIpc) is 2.93. The molecule has 0 bridgehead atoms. The number of carbonyl (C=O) groups is 1. The quantitative estimate of drug-likeness (QED) is 0.241. The molecule has 0 N–H and O–H groups in total. The molecule has 46 heavy (non-hydrogen) atoms. The van der Waals surface area contributed by atoms with Gasteiger partial charge in [-0.3, -0.25) is 9.10 Å². The van der Waals surface area contributed by atoms with Gasteiger partial charge in [-0.15, -0.1) is 0 Å². The number of rotatable bonds is 11. The molecule has 1 aliphatic heterocycles. The number of carbonyl (C=O) groups excluding carboxylic acids is 1. The van der Waals surface area contributed by atoms with Crippen molar-refractivity contribution in [3.8, 4) is 5.75 Å². The third kappa shape index (κ3) is 8.29. The van der Waals surface area contributed by atoms with E-state index in [0.29, 0.717) is 40.3 Å². The van der Waals surface area contributed by atoms with Crippen molar-refractivity contribution in [3.63, 3.8) is 0 Å². The van der Waals surface area contributed by atoms with Crippen LogP contribution in [0.1, 0.15) is 51.8 Å². The largest absolute Gasteiger partial charge is 0.490 e. The summed E-state index contributed by atoms with van der Waals surface area (Å²) in [7, 11) is -7.51. The molecule has 1 unspecified atom stereocenters. The summed E-state index contributed by atoms with van der Waals surface area (Å²) in [5.74, 6) is -0.457. The third-order valence-corrected chi connectivity index (χ3v) is 11.7. The molecule has 3 aromatic carbocycles. The van der Waals surface area contributed by atoms with E-state index >= 15 is 0 Å². The van der Waals surface area contributed by atoms with Gasteiger partial charge in [0.2, 0.25) is 20.0 Å². The Morgan fingerprint density at radius 1 is 0.826 bits per heavy atom. The number of nitrogens with zero attached hydrogens (tertiary/aromatic N) is 2. The van der Waals surface area contributed by atoms with E-state index in [2.05, 4.69) is 0 Å². The number of hydrogen-bond acceptors (Lipinski definition) is 7. The van der Waals surface area contributed by atoms with Crippen LogP contribution in [0, 0.1) is 54.4 Å². The molecule has 0 radical (unpaired) electrons. The van der Waals surface area contributed by atoms with E-state index in [9.17, 15) is 21.6 Å². The monoisotopic (exact) mass is 670 g/mol. The standard InChI is InChI=1S/C35H46N2O7S2/c1-23-10-9-11-31(20-23)43-22-32(21-37(45(8,39)40)33-26(4)16-24(2)17-27(33)5)44-35(38)30-12-14-36(15-13-30)46(41,42)34-28(6)18-25(3)19-29(34)7/h9-11,16-20,30,32H,12-15,21-22H2,1-8H3. The van der Waals surface area contributed by atoms with Gasteiger partial charge in [0.15, 0.2) is 6.10 Å². The Morgan fingerprint density at radius 2 is 1.37 bits per heavy atom. The zero-order valence-corrected chi connectivity index (χ0v) is 29.7. The number of ether oxygens (including phenoxy) is 2. The van der Waals surface area contributed by atoms with E-state index in [4.69, 9.17) is 9.47 Å². The summed E-state index contributed by atoms with van der Waals surface area (Å²) in [6, 6.07) is 15.0. The van der Waals surface area contributed by atoms with Gasteiger partial charge in [-0.25, -0.2) is 16.8 Å². The second-order valence-electron chi connectivity index (χ2n) is 12.6. The smallest absolute Gasteiger partial charge is 0.309 e. The maximum atomic E-state index is 13.6. The molecule has 9 nitrogen and oxygen atoms in total. The lowest BCUT2D eigenvalue weighted by Gasteiger charge is -2.33. The van der Waals surface area contributed by atoms with Crippen LogP contribution in [0.5, 0.6) is 5.75 Å². The Balaban J connectivity index is 1.54. The summed E-state index contributed by atoms with van der Waals surface area (Å²) in [6.45, 7) is 13.3. The van der Waals surface area contributed by atoms with Crippen molar-refractivity contribution in [1.82, 2.24) is 4.31 Å². The lowest BCUT2D eigenvalue weighted by molar-refractivity contribution is -0.156. The van der Waals surface area contributed by atoms with Gasteiger partial charge in [-0.1, -0.05) is 47.5 Å². The number of anilines is 1. The number of esters is 1. The summed E-state index contributed by atoms with van der Waals surface area (Å²) < 4.78 is 68.3. The van der Waals surface area contributed by atoms with Crippen molar-refractivity contribution in [2.24, 2.45) is 5.92 Å². The first-order valence-corrected chi connectivity index (χ1v) is 18.8. The first-order chi connectivity index (χ1) is 21.5. The van der Waals surface area contributed by atoms with Crippen LogP contribution in [0.25, 0.3) is 0 Å². The fourth-order valence-electron chi connectivity index (χ4n) is 6.46. The van der Waals surface area contributed by atoms with E-state index in [1.807, 2.05) is 77.1 Å². The Hall–Kier alpha value is -3.41. The number of piperidine rings is 1. The molecule has 1 heterocycles. The third-order valence-electron chi connectivity index (χ3n) is 8.35. The Morgan fingerprint density at radius 3 is 1.89 bits per heavy atom. The summed E-state index contributed by atoms with van der Waals surface area (Å²) in [5, 5.41) is 0. The van der Waals surface area contributed by atoms with Crippen LogP contribution in [-0.2, 0) is 29.6 Å². The molecule has 1 atom stereocenters. The van der Waals surface area contributed by atoms with Gasteiger partial charge in [-0.05, 0) is 101 Å². The molecule has 0 aromatic heterocycles. The molecule has 250 valence electrons. The van der Waals surface area contributed by atoms with Crippen LogP contribution >= 0.6 is 0 Å². The van der Waals surface area contributed by atoms with Gasteiger partial charge < -0.3 is 9.47 Å². The lowest BCUT2D eigenvalue weighted by Crippen LogP contribution is -2.45. The molecule has 1 saturated heterocycles. The van der Waals surface area contributed by atoms with E-state index in [-0.39, 0.29) is 26.2 Å². The Labute approximate surface area is 274 Å². The number of hydrogen-bond donors (Lipinski definition) is 0. The maximum absolute atomic E-state index is 13.6. The summed E-state index contributed by atoms with van der Waals surface area (Å²) >= 11 is 0. The van der Waals surface area contributed by atoms with Crippen molar-refractivity contribution in [3.05, 3.63) is 87.5 Å². The van der Waals surface area contributed by atoms with Crippen molar-refractivity contribution in [2.45, 2.75) is 72.3 Å². The normalized spacial score (nSPS) is 15.4. The second-order valence-corrected chi connectivity index (χ2v) is 16.4. The lowest BCUT2D eigenvalue weighted by atomic mass is 9.98. The Kier molecular flexibility index (Phi) is 10.9.